The van der Waals surface area contributed by atoms with Gasteiger partial charge in [0.2, 0.25) is 0 Å². The summed E-state index contributed by atoms with van der Waals surface area (Å²) < 4.78 is 11.1. The number of hydrogen-bond donors (Lipinski definition) is 1. The van der Waals surface area contributed by atoms with Crippen molar-refractivity contribution in [2.45, 2.75) is 19.4 Å². The second-order valence-corrected chi connectivity index (χ2v) is 5.60. The molecule has 0 aliphatic rings. The molecule has 1 rings (SSSR count). The quantitative estimate of drug-likeness (QED) is 0.815. The Kier molecular flexibility index (Phi) is 5.82. The Bertz CT molecular complexity index is 419. The first kappa shape index (κ1) is 16.0. The van der Waals surface area contributed by atoms with Gasteiger partial charge in [-0.25, -0.2) is 4.79 Å². The number of anilines is 1. The van der Waals surface area contributed by atoms with Crippen LogP contribution in [0.15, 0.2) is 28.7 Å². The van der Waals surface area contributed by atoms with E-state index in [1.54, 1.807) is 7.11 Å². The van der Waals surface area contributed by atoms with Crippen LogP contribution in [0.5, 0.6) is 0 Å². The number of hydrogen-bond acceptors (Lipinski definition) is 4. The van der Waals surface area contributed by atoms with Crippen LogP contribution in [0.4, 0.5) is 5.69 Å². The average molecular weight is 330 g/mol. The van der Waals surface area contributed by atoms with Gasteiger partial charge in [-0.05, 0) is 30.2 Å². The number of ether oxygens (including phenoxy) is 2. The summed E-state index contributed by atoms with van der Waals surface area (Å²) in [5.41, 5.74) is -0.0449. The molecule has 1 atom stereocenters. The maximum Gasteiger partial charge on any atom is 0.334 e. The molecule has 1 aromatic rings. The maximum absolute atomic E-state index is 12.2. The summed E-state index contributed by atoms with van der Waals surface area (Å²) in [6, 6.07) is 7.63. The van der Waals surface area contributed by atoms with Crippen molar-refractivity contribution < 1.29 is 14.3 Å². The number of nitrogens with one attached hydrogen (secondary N) is 1. The largest absolute Gasteiger partial charge is 0.467 e. The van der Waals surface area contributed by atoms with E-state index in [4.69, 9.17) is 9.47 Å². The average Bonchev–Trinajstić information content (AvgIpc) is 2.39. The first-order valence-electron chi connectivity index (χ1n) is 6.07. The molecular weight excluding hydrogens is 310 g/mol. The normalized spacial score (nSPS) is 14.0. The van der Waals surface area contributed by atoms with Gasteiger partial charge >= 0.3 is 5.97 Å². The summed E-state index contributed by atoms with van der Waals surface area (Å²) in [6.07, 6.45) is 0. The van der Waals surface area contributed by atoms with Crippen molar-refractivity contribution in [3.05, 3.63) is 28.7 Å². The van der Waals surface area contributed by atoms with Crippen molar-refractivity contribution in [2.75, 3.05) is 26.1 Å². The van der Waals surface area contributed by atoms with Gasteiger partial charge in [0.1, 0.15) is 0 Å². The molecule has 0 heterocycles. The number of benzene rings is 1. The van der Waals surface area contributed by atoms with E-state index in [0.717, 1.165) is 10.2 Å². The molecule has 0 bridgehead atoms. The lowest BCUT2D eigenvalue weighted by Crippen LogP contribution is -2.55. The minimum Gasteiger partial charge on any atom is -0.467 e. The molecule has 0 aromatic heterocycles. The van der Waals surface area contributed by atoms with E-state index in [9.17, 15) is 4.79 Å². The Morgan fingerprint density at radius 3 is 2.32 bits per heavy atom. The minimum atomic E-state index is -0.892. The molecular formula is C14H20BrNO3. The van der Waals surface area contributed by atoms with Crippen molar-refractivity contribution >= 4 is 27.6 Å². The Labute approximate surface area is 122 Å². The molecule has 19 heavy (non-hydrogen) atoms. The molecule has 0 radical (unpaired) electrons. The number of halogens is 1. The van der Waals surface area contributed by atoms with Gasteiger partial charge < -0.3 is 14.8 Å². The molecule has 1 unspecified atom stereocenters. The van der Waals surface area contributed by atoms with Crippen LogP contribution < -0.4 is 5.32 Å². The van der Waals surface area contributed by atoms with Crippen LogP contribution in [-0.2, 0) is 14.3 Å². The fraction of sp³-hybridized carbons (Fsp3) is 0.500. The third-order valence-electron chi connectivity index (χ3n) is 3.12. The number of rotatable bonds is 6. The monoisotopic (exact) mass is 329 g/mol. The van der Waals surface area contributed by atoms with Crippen LogP contribution in [0.3, 0.4) is 0 Å². The third-order valence-corrected chi connectivity index (χ3v) is 3.65. The van der Waals surface area contributed by atoms with E-state index in [1.807, 2.05) is 38.1 Å². The van der Waals surface area contributed by atoms with E-state index in [-0.39, 0.29) is 18.5 Å². The molecule has 0 spiro atoms. The van der Waals surface area contributed by atoms with Crippen molar-refractivity contribution in [1.29, 1.82) is 0 Å². The summed E-state index contributed by atoms with van der Waals surface area (Å²) in [4.78, 5) is 12.2. The molecule has 0 fully saturated rings. The third kappa shape index (κ3) is 3.70. The van der Waals surface area contributed by atoms with Gasteiger partial charge in [0.15, 0.2) is 5.54 Å². The highest BCUT2D eigenvalue weighted by atomic mass is 79.9. The highest BCUT2D eigenvalue weighted by molar-refractivity contribution is 9.10. The lowest BCUT2D eigenvalue weighted by molar-refractivity contribution is -0.150. The van der Waals surface area contributed by atoms with E-state index in [2.05, 4.69) is 21.2 Å². The molecule has 0 amide bonds. The van der Waals surface area contributed by atoms with E-state index < -0.39 is 5.54 Å². The molecule has 0 aliphatic heterocycles. The van der Waals surface area contributed by atoms with E-state index >= 15 is 0 Å². The number of esters is 1. The van der Waals surface area contributed by atoms with Crippen LogP contribution in [0.2, 0.25) is 0 Å². The fourth-order valence-corrected chi connectivity index (χ4v) is 2.16. The SMILES string of the molecule is COCC(Nc1ccc(Br)cc1)(C(=O)OC)C(C)C. The lowest BCUT2D eigenvalue weighted by Gasteiger charge is -2.35. The second kappa shape index (κ2) is 6.91. The highest BCUT2D eigenvalue weighted by Gasteiger charge is 2.43. The Balaban J connectivity index is 3.08. The maximum atomic E-state index is 12.2. The first-order chi connectivity index (χ1) is 8.96. The molecule has 1 aromatic carbocycles. The smallest absolute Gasteiger partial charge is 0.334 e. The van der Waals surface area contributed by atoms with Crippen LogP contribution in [0.1, 0.15) is 13.8 Å². The van der Waals surface area contributed by atoms with Crippen LogP contribution in [0, 0.1) is 5.92 Å². The molecule has 106 valence electrons. The van der Waals surface area contributed by atoms with E-state index in [0.29, 0.717) is 0 Å². The van der Waals surface area contributed by atoms with Crippen molar-refractivity contribution in [3.8, 4) is 0 Å². The molecule has 0 saturated heterocycles. The van der Waals surface area contributed by atoms with Crippen molar-refractivity contribution in [2.24, 2.45) is 5.92 Å². The van der Waals surface area contributed by atoms with Gasteiger partial charge in [-0.15, -0.1) is 0 Å². The van der Waals surface area contributed by atoms with Gasteiger partial charge in [-0.1, -0.05) is 29.8 Å². The van der Waals surface area contributed by atoms with Crippen LogP contribution in [0.25, 0.3) is 0 Å². The highest BCUT2D eigenvalue weighted by Crippen LogP contribution is 2.26. The Hall–Kier alpha value is -1.07. The fourth-order valence-electron chi connectivity index (χ4n) is 1.89. The predicted molar refractivity (Wildman–Crippen MR) is 79.2 cm³/mol. The van der Waals surface area contributed by atoms with Crippen LogP contribution in [-0.4, -0.2) is 32.3 Å². The molecule has 4 nitrogen and oxygen atoms in total. The zero-order valence-corrected chi connectivity index (χ0v) is 13.3. The molecule has 0 saturated carbocycles. The van der Waals surface area contributed by atoms with Gasteiger partial charge in [0.05, 0.1) is 13.7 Å². The number of carbonyl (C=O) groups excluding carboxylic acids is 1. The molecule has 1 N–H and O–H groups in total. The lowest BCUT2D eigenvalue weighted by atomic mass is 9.86. The molecule has 0 aliphatic carbocycles. The van der Waals surface area contributed by atoms with Crippen molar-refractivity contribution in [3.63, 3.8) is 0 Å². The Morgan fingerprint density at radius 2 is 1.89 bits per heavy atom. The standard InChI is InChI=1S/C14H20BrNO3/c1-10(2)14(9-18-3,13(17)19-4)16-12-7-5-11(15)6-8-12/h5-8,10,16H,9H2,1-4H3. The van der Waals surface area contributed by atoms with Gasteiger partial charge in [0.25, 0.3) is 0 Å². The summed E-state index contributed by atoms with van der Waals surface area (Å²) >= 11 is 3.38. The Morgan fingerprint density at radius 1 is 1.32 bits per heavy atom. The number of carbonyl (C=O) groups is 1. The van der Waals surface area contributed by atoms with Gasteiger partial charge in [0, 0.05) is 17.3 Å². The number of methoxy groups -OCH3 is 2. The van der Waals surface area contributed by atoms with Gasteiger partial charge in [-0.2, -0.15) is 0 Å². The summed E-state index contributed by atoms with van der Waals surface area (Å²) in [7, 11) is 2.96. The summed E-state index contributed by atoms with van der Waals surface area (Å²) in [5.74, 6) is -0.309. The molecule has 5 heteroatoms. The minimum absolute atomic E-state index is 0.0172. The van der Waals surface area contributed by atoms with Crippen molar-refractivity contribution in [1.82, 2.24) is 0 Å². The first-order valence-corrected chi connectivity index (χ1v) is 6.86. The van der Waals surface area contributed by atoms with E-state index in [1.165, 1.54) is 7.11 Å². The van der Waals surface area contributed by atoms with Gasteiger partial charge in [-0.3, -0.25) is 0 Å². The predicted octanol–water partition coefficient (Wildman–Crippen LogP) is 3.08. The zero-order valence-electron chi connectivity index (χ0n) is 11.7. The topological polar surface area (TPSA) is 47.6 Å². The summed E-state index contributed by atoms with van der Waals surface area (Å²) in [6.45, 7) is 4.16. The zero-order chi connectivity index (χ0) is 14.5. The van der Waals surface area contributed by atoms with Crippen LogP contribution >= 0.6 is 15.9 Å². The second-order valence-electron chi connectivity index (χ2n) is 4.68. The summed E-state index contributed by atoms with van der Waals surface area (Å²) in [5, 5.41) is 3.25.